The molecule has 1 amide bonds. The Labute approximate surface area is 165 Å². The van der Waals surface area contributed by atoms with Crippen molar-refractivity contribution in [3.63, 3.8) is 0 Å². The first kappa shape index (κ1) is 21.2. The van der Waals surface area contributed by atoms with E-state index in [2.05, 4.69) is 10.3 Å². The third kappa shape index (κ3) is 8.03. The number of methoxy groups -OCH3 is 1. The molecule has 0 bridgehead atoms. The van der Waals surface area contributed by atoms with E-state index in [0.717, 1.165) is 24.0 Å². The number of esters is 1. The molecule has 1 atom stereocenters. The fraction of sp³-hybridized carbons (Fsp3) is 0.318. The fourth-order valence-electron chi connectivity index (χ4n) is 2.53. The highest BCUT2D eigenvalue weighted by Crippen LogP contribution is 2.08. The molecule has 0 radical (unpaired) electrons. The predicted octanol–water partition coefficient (Wildman–Crippen LogP) is 3.74. The Kier molecular flexibility index (Phi) is 9.27. The molecule has 0 aliphatic carbocycles. The number of benzene rings is 2. The molecule has 2 aromatic carbocycles. The monoisotopic (exact) mass is 382 g/mol. The molecule has 0 aliphatic rings. The summed E-state index contributed by atoms with van der Waals surface area (Å²) in [6.45, 7) is 0.717. The molecule has 6 nitrogen and oxygen atoms in total. The van der Waals surface area contributed by atoms with Crippen LogP contribution in [-0.2, 0) is 20.9 Å². The zero-order valence-electron chi connectivity index (χ0n) is 16.0. The van der Waals surface area contributed by atoms with Gasteiger partial charge in [0, 0.05) is 12.8 Å². The molecular weight excluding hydrogens is 356 g/mol. The minimum Gasteiger partial charge on any atom is -0.467 e. The Bertz CT molecular complexity index is 748. The third-order valence-electron chi connectivity index (χ3n) is 4.06. The van der Waals surface area contributed by atoms with Crippen LogP contribution in [0.5, 0.6) is 0 Å². The second-order valence-electron chi connectivity index (χ2n) is 6.21. The molecule has 0 saturated carbocycles. The first-order valence-corrected chi connectivity index (χ1v) is 9.29. The van der Waals surface area contributed by atoms with Crippen LogP contribution in [0.3, 0.4) is 0 Å². The first-order valence-electron chi connectivity index (χ1n) is 9.29. The van der Waals surface area contributed by atoms with Crippen molar-refractivity contribution in [2.24, 2.45) is 4.99 Å². The van der Waals surface area contributed by atoms with Crippen LogP contribution in [0.1, 0.15) is 30.4 Å². The molecule has 0 saturated heterocycles. The summed E-state index contributed by atoms with van der Waals surface area (Å²) < 4.78 is 9.98. The van der Waals surface area contributed by atoms with Gasteiger partial charge in [0.15, 0.2) is 0 Å². The Hall–Kier alpha value is -3.15. The highest BCUT2D eigenvalue weighted by atomic mass is 16.5. The van der Waals surface area contributed by atoms with Crippen molar-refractivity contribution < 1.29 is 19.1 Å². The highest BCUT2D eigenvalue weighted by Gasteiger charge is 2.16. The SMILES string of the molecule is COC(=O)[C@H](CCCCNC(=O)OCc1ccccc1)N=Cc1ccccc1. The Morgan fingerprint density at radius 3 is 2.39 bits per heavy atom. The van der Waals surface area contributed by atoms with Gasteiger partial charge in [-0.25, -0.2) is 9.59 Å². The average molecular weight is 382 g/mol. The standard InChI is InChI=1S/C22H26N2O4/c1-27-21(25)20(24-16-18-10-4-2-5-11-18)14-8-9-15-23-22(26)28-17-19-12-6-3-7-13-19/h2-7,10-13,16,20H,8-9,14-15,17H2,1H3,(H,23,26)/t20-/m0/s1. The maximum Gasteiger partial charge on any atom is 0.407 e. The highest BCUT2D eigenvalue weighted by molar-refractivity contribution is 5.83. The summed E-state index contributed by atoms with van der Waals surface area (Å²) in [5, 5.41) is 2.71. The third-order valence-corrected chi connectivity index (χ3v) is 4.06. The number of carbonyl (C=O) groups is 2. The van der Waals surface area contributed by atoms with E-state index in [0.29, 0.717) is 13.0 Å². The van der Waals surface area contributed by atoms with Crippen molar-refractivity contribution in [2.75, 3.05) is 13.7 Å². The normalized spacial score (nSPS) is 11.8. The molecule has 0 heterocycles. The number of nitrogens with zero attached hydrogens (tertiary/aromatic N) is 1. The largest absolute Gasteiger partial charge is 0.467 e. The molecule has 28 heavy (non-hydrogen) atoms. The Morgan fingerprint density at radius 1 is 1.04 bits per heavy atom. The van der Waals surface area contributed by atoms with Gasteiger partial charge in [0.05, 0.1) is 7.11 Å². The quantitative estimate of drug-likeness (QED) is 0.386. The lowest BCUT2D eigenvalue weighted by molar-refractivity contribution is -0.142. The molecule has 0 unspecified atom stereocenters. The number of ether oxygens (including phenoxy) is 2. The minimum atomic E-state index is -0.546. The Morgan fingerprint density at radius 2 is 1.71 bits per heavy atom. The van der Waals surface area contributed by atoms with E-state index in [1.807, 2.05) is 60.7 Å². The summed E-state index contributed by atoms with van der Waals surface area (Å²) in [4.78, 5) is 27.9. The Balaban J connectivity index is 1.66. The summed E-state index contributed by atoms with van der Waals surface area (Å²) in [6.07, 6.45) is 3.23. The molecule has 0 spiro atoms. The zero-order valence-corrected chi connectivity index (χ0v) is 16.0. The lowest BCUT2D eigenvalue weighted by Crippen LogP contribution is -2.26. The van der Waals surface area contributed by atoms with E-state index < -0.39 is 12.1 Å². The summed E-state index contributed by atoms with van der Waals surface area (Å²) in [6, 6.07) is 18.5. The molecule has 0 aliphatic heterocycles. The van der Waals surface area contributed by atoms with Crippen molar-refractivity contribution in [3.8, 4) is 0 Å². The number of unbranched alkanes of at least 4 members (excludes halogenated alkanes) is 1. The summed E-state index contributed by atoms with van der Waals surface area (Å²) in [5.74, 6) is -0.359. The van der Waals surface area contributed by atoms with Gasteiger partial charge in [-0.3, -0.25) is 4.99 Å². The predicted molar refractivity (Wildman–Crippen MR) is 108 cm³/mol. The van der Waals surface area contributed by atoms with Crippen molar-refractivity contribution in [3.05, 3.63) is 71.8 Å². The van der Waals surface area contributed by atoms with Crippen molar-refractivity contribution in [1.29, 1.82) is 0 Å². The van der Waals surface area contributed by atoms with Gasteiger partial charge in [0.25, 0.3) is 0 Å². The summed E-state index contributed by atoms with van der Waals surface area (Å²) >= 11 is 0. The zero-order chi connectivity index (χ0) is 20.0. The number of aliphatic imine (C=N–C) groups is 1. The number of hydrogen-bond donors (Lipinski definition) is 1. The van der Waals surface area contributed by atoms with Crippen molar-refractivity contribution in [2.45, 2.75) is 31.9 Å². The number of nitrogens with one attached hydrogen (secondary N) is 1. The van der Waals surface area contributed by atoms with Gasteiger partial charge < -0.3 is 14.8 Å². The van der Waals surface area contributed by atoms with Crippen LogP contribution >= 0.6 is 0 Å². The number of hydrogen-bond acceptors (Lipinski definition) is 5. The summed E-state index contributed by atoms with van der Waals surface area (Å²) in [7, 11) is 1.36. The van der Waals surface area contributed by atoms with Crippen LogP contribution in [0.25, 0.3) is 0 Å². The van der Waals surface area contributed by atoms with Crippen molar-refractivity contribution >= 4 is 18.3 Å². The van der Waals surface area contributed by atoms with Gasteiger partial charge in [-0.1, -0.05) is 60.7 Å². The topological polar surface area (TPSA) is 77.0 Å². The lowest BCUT2D eigenvalue weighted by Gasteiger charge is -2.10. The van der Waals surface area contributed by atoms with Gasteiger partial charge >= 0.3 is 12.1 Å². The van der Waals surface area contributed by atoms with E-state index in [1.54, 1.807) is 6.21 Å². The molecule has 1 N–H and O–H groups in total. The second-order valence-corrected chi connectivity index (χ2v) is 6.21. The van der Waals surface area contributed by atoms with Gasteiger partial charge in [0.1, 0.15) is 12.6 Å². The van der Waals surface area contributed by atoms with Crippen LogP contribution in [0.2, 0.25) is 0 Å². The van der Waals surface area contributed by atoms with E-state index in [1.165, 1.54) is 7.11 Å². The molecule has 6 heteroatoms. The summed E-state index contributed by atoms with van der Waals surface area (Å²) in [5.41, 5.74) is 1.87. The maximum absolute atomic E-state index is 11.9. The number of alkyl carbamates (subject to hydrolysis) is 1. The lowest BCUT2D eigenvalue weighted by atomic mass is 10.1. The molecule has 2 rings (SSSR count). The minimum absolute atomic E-state index is 0.241. The van der Waals surface area contributed by atoms with Gasteiger partial charge in [-0.15, -0.1) is 0 Å². The van der Waals surface area contributed by atoms with E-state index in [-0.39, 0.29) is 12.6 Å². The average Bonchev–Trinajstić information content (AvgIpc) is 2.75. The molecular formula is C22H26N2O4. The number of rotatable bonds is 10. The van der Waals surface area contributed by atoms with E-state index in [4.69, 9.17) is 9.47 Å². The van der Waals surface area contributed by atoms with Gasteiger partial charge in [-0.05, 0) is 30.4 Å². The van der Waals surface area contributed by atoms with Crippen molar-refractivity contribution in [1.82, 2.24) is 5.32 Å². The van der Waals surface area contributed by atoms with Crippen LogP contribution < -0.4 is 5.32 Å². The van der Waals surface area contributed by atoms with Gasteiger partial charge in [0.2, 0.25) is 0 Å². The first-order chi connectivity index (χ1) is 13.7. The van der Waals surface area contributed by atoms with Crippen LogP contribution in [0, 0.1) is 0 Å². The van der Waals surface area contributed by atoms with Crippen LogP contribution in [0.4, 0.5) is 4.79 Å². The molecule has 148 valence electrons. The molecule has 0 aromatic heterocycles. The fourth-order valence-corrected chi connectivity index (χ4v) is 2.53. The smallest absolute Gasteiger partial charge is 0.407 e. The van der Waals surface area contributed by atoms with E-state index in [9.17, 15) is 9.59 Å². The van der Waals surface area contributed by atoms with Crippen LogP contribution in [-0.4, -0.2) is 38.0 Å². The van der Waals surface area contributed by atoms with E-state index >= 15 is 0 Å². The number of carbonyl (C=O) groups excluding carboxylic acids is 2. The second kappa shape index (κ2) is 12.3. The van der Waals surface area contributed by atoms with Crippen LogP contribution in [0.15, 0.2) is 65.7 Å². The molecule has 0 fully saturated rings. The van der Waals surface area contributed by atoms with Gasteiger partial charge in [-0.2, -0.15) is 0 Å². The number of amides is 1. The molecule has 2 aromatic rings. The maximum atomic E-state index is 11.9.